The second-order valence-corrected chi connectivity index (χ2v) is 4.63. The van der Waals surface area contributed by atoms with Crippen LogP contribution < -0.4 is 5.56 Å². The highest BCUT2D eigenvalue weighted by Gasteiger charge is 2.14. The number of aryl methyl sites for hydroxylation is 1. The number of hydrogen-bond donors (Lipinski definition) is 1. The zero-order valence-corrected chi connectivity index (χ0v) is 9.55. The molecule has 1 heterocycles. The van der Waals surface area contributed by atoms with Gasteiger partial charge in [-0.25, -0.2) is 0 Å². The second-order valence-electron chi connectivity index (χ2n) is 4.24. The number of nitrogens with one attached hydrogen (secondary N) is 1. The normalized spacial score (nSPS) is 17.1. The molecule has 3 nitrogen and oxygen atoms in total. The summed E-state index contributed by atoms with van der Waals surface area (Å²) in [6.07, 6.45) is 8.44. The average molecular weight is 224 g/mol. The monoisotopic (exact) mass is 224 g/mol. The van der Waals surface area contributed by atoms with Gasteiger partial charge in [0.05, 0.1) is 0 Å². The van der Waals surface area contributed by atoms with Crippen LogP contribution in [0, 0.1) is 10.7 Å². The Hall–Kier alpha value is -0.900. The lowest BCUT2D eigenvalue weighted by Gasteiger charge is -2.10. The zero-order valence-electron chi connectivity index (χ0n) is 8.74. The van der Waals surface area contributed by atoms with E-state index in [-0.39, 0.29) is 5.56 Å². The molecule has 1 aromatic rings. The predicted molar refractivity (Wildman–Crippen MR) is 62.5 cm³/mol. The Bertz CT molecular complexity index is 429. The molecule has 1 aromatic heterocycles. The lowest BCUT2D eigenvalue weighted by Crippen LogP contribution is -2.12. The van der Waals surface area contributed by atoms with Crippen molar-refractivity contribution >= 4 is 12.2 Å². The van der Waals surface area contributed by atoms with Crippen LogP contribution in [0.15, 0.2) is 17.1 Å². The molecule has 1 N–H and O–H groups in total. The highest BCUT2D eigenvalue weighted by Crippen LogP contribution is 2.27. The van der Waals surface area contributed by atoms with Crippen molar-refractivity contribution in [2.45, 2.75) is 38.6 Å². The van der Waals surface area contributed by atoms with Crippen LogP contribution in [-0.2, 0) is 6.54 Å². The summed E-state index contributed by atoms with van der Waals surface area (Å²) in [7, 11) is 0. The van der Waals surface area contributed by atoms with Crippen molar-refractivity contribution in [2.75, 3.05) is 0 Å². The molecule has 0 amide bonds. The third-order valence-electron chi connectivity index (χ3n) is 3.15. The Balaban J connectivity index is 1.98. The van der Waals surface area contributed by atoms with Crippen LogP contribution in [0.3, 0.4) is 0 Å². The Morgan fingerprint density at radius 1 is 1.47 bits per heavy atom. The van der Waals surface area contributed by atoms with Gasteiger partial charge in [-0.2, -0.15) is 0 Å². The maximum Gasteiger partial charge on any atom is 0.251 e. The molecule has 1 saturated carbocycles. The van der Waals surface area contributed by atoms with Crippen LogP contribution in [0.1, 0.15) is 32.1 Å². The first-order valence-corrected chi connectivity index (χ1v) is 5.96. The molecule has 82 valence electrons. The van der Waals surface area contributed by atoms with Gasteiger partial charge in [-0.3, -0.25) is 9.78 Å². The lowest BCUT2D eigenvalue weighted by molar-refractivity contribution is 0.452. The molecule has 2 rings (SSSR count). The molecule has 0 aliphatic heterocycles. The Morgan fingerprint density at radius 3 is 2.87 bits per heavy atom. The first-order chi connectivity index (χ1) is 7.25. The van der Waals surface area contributed by atoms with E-state index in [1.165, 1.54) is 38.2 Å². The van der Waals surface area contributed by atoms with Gasteiger partial charge in [-0.05, 0) is 24.6 Å². The summed E-state index contributed by atoms with van der Waals surface area (Å²) in [5.74, 6) is 0.860. The van der Waals surface area contributed by atoms with Crippen LogP contribution in [-0.4, -0.2) is 9.55 Å². The van der Waals surface area contributed by atoms with Gasteiger partial charge in [0.15, 0.2) is 4.77 Å². The second kappa shape index (κ2) is 4.75. The number of hydrogen-bond acceptors (Lipinski definition) is 2. The fourth-order valence-corrected chi connectivity index (χ4v) is 2.49. The van der Waals surface area contributed by atoms with Gasteiger partial charge in [0.2, 0.25) is 0 Å². The summed E-state index contributed by atoms with van der Waals surface area (Å²) in [6, 6.07) is 1.53. The zero-order chi connectivity index (χ0) is 10.7. The van der Waals surface area contributed by atoms with E-state index in [1.807, 2.05) is 4.57 Å². The van der Waals surface area contributed by atoms with Gasteiger partial charge in [-0.1, -0.05) is 25.7 Å². The van der Waals surface area contributed by atoms with Gasteiger partial charge in [0, 0.05) is 18.8 Å². The Morgan fingerprint density at radius 2 is 2.20 bits per heavy atom. The molecule has 1 aliphatic carbocycles. The number of H-pyrrole nitrogens is 1. The maximum atomic E-state index is 11.0. The summed E-state index contributed by atoms with van der Waals surface area (Å²) in [5.41, 5.74) is -0.114. The predicted octanol–water partition coefficient (Wildman–Crippen LogP) is 2.49. The molecule has 15 heavy (non-hydrogen) atoms. The van der Waals surface area contributed by atoms with E-state index < -0.39 is 0 Å². The standard InChI is InChI=1S/C11H16N2OS/c14-10-6-8-13(11(15)12-10)7-5-9-3-1-2-4-9/h6,8-9H,1-5,7H2,(H,12,14,15). The SMILES string of the molecule is O=c1ccn(CCC2CCCC2)c(=S)[nH]1. The van der Waals surface area contributed by atoms with Crippen molar-refractivity contribution in [3.05, 3.63) is 27.4 Å². The van der Waals surface area contributed by atoms with E-state index in [0.29, 0.717) is 4.77 Å². The van der Waals surface area contributed by atoms with Crippen LogP contribution >= 0.6 is 12.2 Å². The van der Waals surface area contributed by atoms with Crippen molar-refractivity contribution in [1.29, 1.82) is 0 Å². The van der Waals surface area contributed by atoms with Gasteiger partial charge < -0.3 is 4.57 Å². The molecule has 1 fully saturated rings. The van der Waals surface area contributed by atoms with Crippen molar-refractivity contribution in [2.24, 2.45) is 5.92 Å². The smallest absolute Gasteiger partial charge is 0.251 e. The quantitative estimate of drug-likeness (QED) is 0.801. The van der Waals surface area contributed by atoms with Crippen LogP contribution in [0.2, 0.25) is 0 Å². The van der Waals surface area contributed by atoms with Crippen LogP contribution in [0.5, 0.6) is 0 Å². The molecule has 0 unspecified atom stereocenters. The van der Waals surface area contributed by atoms with E-state index >= 15 is 0 Å². The van der Waals surface area contributed by atoms with Gasteiger partial charge >= 0.3 is 0 Å². The molecule has 4 heteroatoms. The molecular weight excluding hydrogens is 208 g/mol. The van der Waals surface area contributed by atoms with Gasteiger partial charge in [0.25, 0.3) is 5.56 Å². The first-order valence-electron chi connectivity index (χ1n) is 5.55. The topological polar surface area (TPSA) is 37.8 Å². The van der Waals surface area contributed by atoms with E-state index in [1.54, 1.807) is 6.20 Å². The molecule has 0 spiro atoms. The highest BCUT2D eigenvalue weighted by molar-refractivity contribution is 7.71. The van der Waals surface area contributed by atoms with Crippen LogP contribution in [0.25, 0.3) is 0 Å². The minimum atomic E-state index is -0.114. The molecule has 0 bridgehead atoms. The van der Waals surface area contributed by atoms with E-state index in [0.717, 1.165) is 12.5 Å². The van der Waals surface area contributed by atoms with Gasteiger partial charge in [-0.15, -0.1) is 0 Å². The lowest BCUT2D eigenvalue weighted by atomic mass is 10.0. The van der Waals surface area contributed by atoms with Crippen molar-refractivity contribution in [3.8, 4) is 0 Å². The average Bonchev–Trinajstić information content (AvgIpc) is 2.69. The molecular formula is C11H16N2OS. The summed E-state index contributed by atoms with van der Waals surface area (Å²) >= 11 is 5.09. The fraction of sp³-hybridized carbons (Fsp3) is 0.636. The van der Waals surface area contributed by atoms with Crippen molar-refractivity contribution in [1.82, 2.24) is 9.55 Å². The number of aromatic nitrogens is 2. The number of aromatic amines is 1. The summed E-state index contributed by atoms with van der Waals surface area (Å²) < 4.78 is 2.50. The fourth-order valence-electron chi connectivity index (χ4n) is 2.24. The van der Waals surface area contributed by atoms with Gasteiger partial charge in [0.1, 0.15) is 0 Å². The van der Waals surface area contributed by atoms with E-state index in [9.17, 15) is 4.79 Å². The maximum absolute atomic E-state index is 11.0. The molecule has 1 aliphatic rings. The molecule has 0 atom stereocenters. The van der Waals surface area contributed by atoms with E-state index in [4.69, 9.17) is 12.2 Å². The van der Waals surface area contributed by atoms with Crippen LogP contribution in [0.4, 0.5) is 0 Å². The molecule has 0 aromatic carbocycles. The summed E-state index contributed by atoms with van der Waals surface area (Å²) in [5, 5.41) is 0. The Kier molecular flexibility index (Phi) is 3.36. The summed E-state index contributed by atoms with van der Waals surface area (Å²) in [4.78, 5) is 13.6. The third kappa shape index (κ3) is 2.78. The minimum absolute atomic E-state index is 0.114. The number of rotatable bonds is 3. The molecule has 0 saturated heterocycles. The largest absolute Gasteiger partial charge is 0.325 e. The molecule has 0 radical (unpaired) electrons. The third-order valence-corrected chi connectivity index (χ3v) is 3.49. The number of nitrogens with zero attached hydrogens (tertiary/aromatic N) is 1. The highest BCUT2D eigenvalue weighted by atomic mass is 32.1. The van der Waals surface area contributed by atoms with Crippen molar-refractivity contribution in [3.63, 3.8) is 0 Å². The minimum Gasteiger partial charge on any atom is -0.325 e. The Labute approximate surface area is 94.1 Å². The van der Waals surface area contributed by atoms with E-state index in [2.05, 4.69) is 4.98 Å². The van der Waals surface area contributed by atoms with Crippen molar-refractivity contribution < 1.29 is 0 Å². The first kappa shape index (κ1) is 10.6. The summed E-state index contributed by atoms with van der Waals surface area (Å²) in [6.45, 7) is 0.931.